The molecule has 6 heteroatoms. The number of aliphatic hydroxyl groups excluding tert-OH is 1. The van der Waals surface area contributed by atoms with Crippen molar-refractivity contribution in [3.8, 4) is 17.2 Å². The quantitative estimate of drug-likeness (QED) is 0.150. The smallest absolute Gasteiger partial charge is 0.343 e. The lowest BCUT2D eigenvalue weighted by molar-refractivity contribution is -0.131. The molecule has 1 aliphatic carbocycles. The van der Waals surface area contributed by atoms with E-state index in [2.05, 4.69) is 31.2 Å². The third kappa shape index (κ3) is 6.56. The van der Waals surface area contributed by atoms with E-state index in [1.807, 2.05) is 48.5 Å². The maximum absolute atomic E-state index is 13.1. The van der Waals surface area contributed by atoms with E-state index < -0.39 is 11.4 Å². The van der Waals surface area contributed by atoms with E-state index in [1.54, 1.807) is 31.4 Å². The van der Waals surface area contributed by atoms with Gasteiger partial charge in [0.2, 0.25) is 0 Å². The van der Waals surface area contributed by atoms with Crippen molar-refractivity contribution >= 4 is 11.9 Å². The summed E-state index contributed by atoms with van der Waals surface area (Å²) in [5, 5.41) is 9.86. The molecule has 4 aromatic carbocycles. The van der Waals surface area contributed by atoms with Crippen LogP contribution in [-0.2, 0) is 15.6 Å². The molecule has 5 rings (SSSR count). The van der Waals surface area contributed by atoms with E-state index in [4.69, 9.17) is 14.2 Å². The summed E-state index contributed by atoms with van der Waals surface area (Å²) in [5.41, 5.74) is 4.35. The van der Waals surface area contributed by atoms with Crippen LogP contribution in [0.4, 0.5) is 0 Å². The zero-order valence-electron chi connectivity index (χ0n) is 25.7. The molecule has 1 atom stereocenters. The first-order valence-corrected chi connectivity index (χ1v) is 15.2. The molecule has 1 saturated carbocycles. The second kappa shape index (κ2) is 13.5. The molecule has 0 saturated heterocycles. The number of hydrogen-bond acceptors (Lipinski definition) is 6. The average molecular weight is 593 g/mol. The second-order valence-electron chi connectivity index (χ2n) is 11.8. The van der Waals surface area contributed by atoms with Gasteiger partial charge in [-0.3, -0.25) is 4.79 Å². The topological polar surface area (TPSA) is 82.1 Å². The molecule has 44 heavy (non-hydrogen) atoms. The van der Waals surface area contributed by atoms with Gasteiger partial charge in [-0.05, 0) is 90.0 Å². The minimum Gasteiger partial charge on any atom is -0.497 e. The van der Waals surface area contributed by atoms with Crippen LogP contribution in [0.1, 0.15) is 85.0 Å². The highest BCUT2D eigenvalue weighted by Gasteiger charge is 2.36. The van der Waals surface area contributed by atoms with E-state index >= 15 is 0 Å². The fraction of sp³-hybridized carbons (Fsp3) is 0.316. The van der Waals surface area contributed by atoms with Crippen LogP contribution in [0.25, 0.3) is 0 Å². The Kier molecular flexibility index (Phi) is 9.50. The van der Waals surface area contributed by atoms with Gasteiger partial charge in [-0.15, -0.1) is 0 Å². The van der Waals surface area contributed by atoms with Gasteiger partial charge in [0.25, 0.3) is 0 Å². The number of ether oxygens (including phenoxy) is 3. The van der Waals surface area contributed by atoms with Crippen LogP contribution in [0.2, 0.25) is 0 Å². The molecule has 0 aliphatic heterocycles. The summed E-state index contributed by atoms with van der Waals surface area (Å²) in [7, 11) is 1.68. The minimum absolute atomic E-state index is 0.00528. The van der Waals surface area contributed by atoms with Crippen LogP contribution >= 0.6 is 0 Å². The molecule has 6 nitrogen and oxygen atoms in total. The van der Waals surface area contributed by atoms with Gasteiger partial charge in [0.05, 0.1) is 12.7 Å². The number of esters is 2. The molecular weight excluding hydrogens is 552 g/mol. The SMILES string of the molecule is COc1ccc(C2(c3ccc(C(=O)Oc4ccc(C(C)(CCO)c5ccc(OC(C)=O)cc5)cc4)cc3)CCCCC2)cc1. The zero-order chi connectivity index (χ0) is 31.2. The van der Waals surface area contributed by atoms with Crippen molar-refractivity contribution in [2.75, 3.05) is 13.7 Å². The maximum Gasteiger partial charge on any atom is 0.343 e. The summed E-state index contributed by atoms with van der Waals surface area (Å²) in [6, 6.07) is 31.0. The molecule has 0 amide bonds. The number of rotatable bonds is 10. The van der Waals surface area contributed by atoms with Gasteiger partial charge < -0.3 is 19.3 Å². The van der Waals surface area contributed by atoms with Gasteiger partial charge in [-0.2, -0.15) is 0 Å². The monoisotopic (exact) mass is 592 g/mol. The van der Waals surface area contributed by atoms with Crippen molar-refractivity contribution in [2.24, 2.45) is 0 Å². The largest absolute Gasteiger partial charge is 0.497 e. The molecule has 1 fully saturated rings. The van der Waals surface area contributed by atoms with Crippen LogP contribution in [-0.4, -0.2) is 30.8 Å². The highest BCUT2D eigenvalue weighted by molar-refractivity contribution is 5.91. The highest BCUT2D eigenvalue weighted by Crippen LogP contribution is 2.45. The first kappa shape index (κ1) is 31.0. The highest BCUT2D eigenvalue weighted by atomic mass is 16.5. The van der Waals surface area contributed by atoms with Crippen LogP contribution in [0.3, 0.4) is 0 Å². The summed E-state index contributed by atoms with van der Waals surface area (Å²) in [4.78, 5) is 24.4. The minimum atomic E-state index is -0.499. The Morgan fingerprint density at radius 2 is 1.18 bits per heavy atom. The van der Waals surface area contributed by atoms with Gasteiger partial charge in [0.1, 0.15) is 17.2 Å². The Bertz CT molecular complexity index is 1550. The predicted octanol–water partition coefficient (Wildman–Crippen LogP) is 7.78. The second-order valence-corrected chi connectivity index (χ2v) is 11.8. The normalized spacial score (nSPS) is 15.5. The van der Waals surface area contributed by atoms with Crippen molar-refractivity contribution in [3.63, 3.8) is 0 Å². The van der Waals surface area contributed by atoms with Crippen molar-refractivity contribution in [2.45, 2.75) is 63.2 Å². The first-order chi connectivity index (χ1) is 21.3. The van der Waals surface area contributed by atoms with E-state index in [9.17, 15) is 14.7 Å². The Balaban J connectivity index is 1.31. The van der Waals surface area contributed by atoms with Crippen LogP contribution in [0, 0.1) is 0 Å². The van der Waals surface area contributed by atoms with Gasteiger partial charge in [0.15, 0.2) is 0 Å². The Hall–Kier alpha value is -4.42. The van der Waals surface area contributed by atoms with Crippen molar-refractivity contribution in [3.05, 3.63) is 125 Å². The number of aliphatic hydroxyl groups is 1. The lowest BCUT2D eigenvalue weighted by Crippen LogP contribution is -2.30. The lowest BCUT2D eigenvalue weighted by atomic mass is 9.65. The van der Waals surface area contributed by atoms with E-state index in [-0.39, 0.29) is 18.0 Å². The van der Waals surface area contributed by atoms with E-state index in [0.717, 1.165) is 29.7 Å². The Morgan fingerprint density at radius 3 is 1.66 bits per heavy atom. The molecule has 0 spiro atoms. The zero-order valence-corrected chi connectivity index (χ0v) is 25.7. The fourth-order valence-electron chi connectivity index (χ4n) is 6.53. The van der Waals surface area contributed by atoms with Crippen molar-refractivity contribution in [1.29, 1.82) is 0 Å². The number of hydrogen-bond donors (Lipinski definition) is 1. The first-order valence-electron chi connectivity index (χ1n) is 15.2. The van der Waals surface area contributed by atoms with Gasteiger partial charge >= 0.3 is 11.9 Å². The van der Waals surface area contributed by atoms with Crippen molar-refractivity contribution < 1.29 is 28.9 Å². The summed E-state index contributed by atoms with van der Waals surface area (Å²) < 4.78 is 16.3. The summed E-state index contributed by atoms with van der Waals surface area (Å²) in [5.74, 6) is 0.974. The van der Waals surface area contributed by atoms with Gasteiger partial charge in [0, 0.05) is 24.4 Å². The van der Waals surface area contributed by atoms with Crippen LogP contribution in [0.15, 0.2) is 97.1 Å². The molecule has 4 aromatic rings. The summed E-state index contributed by atoms with van der Waals surface area (Å²) >= 11 is 0. The third-order valence-electron chi connectivity index (χ3n) is 9.09. The maximum atomic E-state index is 13.1. The number of benzene rings is 4. The van der Waals surface area contributed by atoms with Crippen molar-refractivity contribution in [1.82, 2.24) is 0 Å². The molecule has 1 aliphatic rings. The molecule has 1 unspecified atom stereocenters. The standard InChI is InChI=1S/C38H40O6/c1-27(40)43-34-19-11-29(12-20-34)37(2,25-26-39)30-13-21-35(22-14-30)44-36(41)28-7-9-31(10-8-28)38(23-5-4-6-24-38)32-15-17-33(42-3)18-16-32/h7-22,39H,4-6,23-26H2,1-3H3. The molecule has 0 heterocycles. The molecule has 0 bridgehead atoms. The fourth-order valence-corrected chi connectivity index (χ4v) is 6.53. The summed E-state index contributed by atoms with van der Waals surface area (Å²) in [6.07, 6.45) is 6.21. The van der Waals surface area contributed by atoms with Gasteiger partial charge in [-0.1, -0.05) is 74.7 Å². The Labute approximate surface area is 259 Å². The molecule has 0 radical (unpaired) electrons. The Morgan fingerprint density at radius 1 is 0.705 bits per heavy atom. The molecule has 1 N–H and O–H groups in total. The molecular formula is C38H40O6. The summed E-state index contributed by atoms with van der Waals surface area (Å²) in [6.45, 7) is 3.41. The number of carbonyl (C=O) groups excluding carboxylic acids is 2. The van der Waals surface area contributed by atoms with E-state index in [0.29, 0.717) is 23.5 Å². The number of carbonyl (C=O) groups is 2. The van der Waals surface area contributed by atoms with Crippen LogP contribution < -0.4 is 14.2 Å². The van der Waals surface area contributed by atoms with E-state index in [1.165, 1.54) is 37.3 Å². The average Bonchev–Trinajstić information content (AvgIpc) is 3.05. The predicted molar refractivity (Wildman–Crippen MR) is 171 cm³/mol. The third-order valence-corrected chi connectivity index (χ3v) is 9.09. The molecule has 0 aromatic heterocycles. The lowest BCUT2D eigenvalue weighted by Gasteiger charge is -2.38. The number of methoxy groups -OCH3 is 1. The van der Waals surface area contributed by atoms with Crippen LogP contribution in [0.5, 0.6) is 17.2 Å². The van der Waals surface area contributed by atoms with Gasteiger partial charge in [-0.25, -0.2) is 4.79 Å². The molecule has 228 valence electrons.